The summed E-state index contributed by atoms with van der Waals surface area (Å²) in [5.41, 5.74) is 4.56. The number of likely N-dealkylation sites (N-methyl/N-ethyl adjacent to an activating group) is 1. The van der Waals surface area contributed by atoms with Gasteiger partial charge in [0, 0.05) is 53.2 Å². The van der Waals surface area contributed by atoms with Crippen molar-refractivity contribution >= 4 is 45.6 Å². The molecule has 0 bridgehead atoms. The van der Waals surface area contributed by atoms with Gasteiger partial charge in [0.15, 0.2) is 0 Å². The van der Waals surface area contributed by atoms with E-state index in [0.29, 0.717) is 41.4 Å². The lowest BCUT2D eigenvalue weighted by atomic mass is 9.97. The van der Waals surface area contributed by atoms with Crippen LogP contribution in [0.1, 0.15) is 34.8 Å². The number of fused-ring (bicyclic) bond motifs is 3. The molecule has 0 unspecified atom stereocenters. The molecule has 0 aliphatic carbocycles. The van der Waals surface area contributed by atoms with Gasteiger partial charge in [-0.3, -0.25) is 9.36 Å². The van der Waals surface area contributed by atoms with Crippen LogP contribution in [0.2, 0.25) is 5.02 Å². The van der Waals surface area contributed by atoms with E-state index in [-0.39, 0.29) is 23.7 Å². The van der Waals surface area contributed by atoms with E-state index in [2.05, 4.69) is 17.3 Å². The maximum atomic E-state index is 13.9. The van der Waals surface area contributed by atoms with Crippen LogP contribution in [0.4, 0.5) is 10.5 Å². The monoisotopic (exact) mass is 590 g/mol. The fourth-order valence-corrected chi connectivity index (χ4v) is 7.47. The summed E-state index contributed by atoms with van der Waals surface area (Å²) in [5.74, 6) is 0.655. The molecule has 0 spiro atoms. The second kappa shape index (κ2) is 10.4. The Hall–Kier alpha value is -3.47. The number of hydrogen-bond donors (Lipinski definition) is 1. The molecule has 7 rings (SSSR count). The number of ether oxygens (including phenoxy) is 1. The lowest BCUT2D eigenvalue weighted by Crippen LogP contribution is -2.45. The summed E-state index contributed by atoms with van der Waals surface area (Å²) in [5, 5.41) is 5.91. The van der Waals surface area contributed by atoms with Crippen molar-refractivity contribution in [3.05, 3.63) is 73.7 Å². The molecule has 2 atom stereocenters. The van der Waals surface area contributed by atoms with E-state index >= 15 is 0 Å². The number of carbonyl (C=O) groups is 1. The third-order valence-corrected chi connectivity index (χ3v) is 9.77. The number of piperidine rings is 1. The zero-order valence-corrected chi connectivity index (χ0v) is 24.6. The molecule has 212 valence electrons. The van der Waals surface area contributed by atoms with E-state index in [4.69, 9.17) is 26.3 Å². The topological polar surface area (TPSA) is 92.6 Å². The Kier molecular flexibility index (Phi) is 6.72. The van der Waals surface area contributed by atoms with E-state index in [1.165, 1.54) is 4.88 Å². The summed E-state index contributed by atoms with van der Waals surface area (Å²) in [6.45, 7) is 5.25. The zero-order chi connectivity index (χ0) is 28.2. The second-order valence-corrected chi connectivity index (χ2v) is 12.8. The van der Waals surface area contributed by atoms with Gasteiger partial charge in [0.1, 0.15) is 17.4 Å². The number of amides is 1. The van der Waals surface area contributed by atoms with Crippen molar-refractivity contribution in [3.63, 3.8) is 0 Å². The molecule has 2 aromatic carbocycles. The average Bonchev–Trinajstić information content (AvgIpc) is 3.55. The number of nitrogens with zero attached hydrogens (tertiary/aromatic N) is 5. The quantitative estimate of drug-likeness (QED) is 0.353. The number of hydrogen-bond acceptors (Lipinski definition) is 8. The number of halogens is 1. The third-order valence-electron chi connectivity index (χ3n) is 8.40. The summed E-state index contributed by atoms with van der Waals surface area (Å²) in [7, 11) is 2.14. The lowest BCUT2D eigenvalue weighted by Gasteiger charge is -2.33. The number of thiazole rings is 1. The van der Waals surface area contributed by atoms with Crippen molar-refractivity contribution in [1.82, 2.24) is 24.3 Å². The van der Waals surface area contributed by atoms with Gasteiger partial charge in [0.05, 0.1) is 29.2 Å². The van der Waals surface area contributed by atoms with Crippen molar-refractivity contribution in [2.75, 3.05) is 32.1 Å². The summed E-state index contributed by atoms with van der Waals surface area (Å²) < 4.78 is 7.00. The molecule has 1 amide bonds. The molecule has 41 heavy (non-hydrogen) atoms. The Labute approximate surface area is 246 Å². The van der Waals surface area contributed by atoms with Crippen molar-refractivity contribution < 1.29 is 9.53 Å². The highest BCUT2D eigenvalue weighted by Gasteiger charge is 2.38. The van der Waals surface area contributed by atoms with Gasteiger partial charge < -0.3 is 19.9 Å². The standard InChI is InChI=1S/C30H31ClN6O3S/c1-17-32-26-12-22(28-34-24-8-9-35(2)15-27(24)41-28)25(33-20-7-10-36-21(11-20)16-40-30(36)39)13-23(26)29(38)37(17)14-18-3-5-19(31)6-4-18/h3-6,12-13,20-21,33H,7-11,14-16H2,1-2H3/t20-,21-/m0/s1. The van der Waals surface area contributed by atoms with Crippen LogP contribution in [0.3, 0.4) is 0 Å². The molecule has 2 fully saturated rings. The highest BCUT2D eigenvalue weighted by molar-refractivity contribution is 7.15. The first-order valence-corrected chi connectivity index (χ1v) is 15.2. The molecule has 0 radical (unpaired) electrons. The van der Waals surface area contributed by atoms with Gasteiger partial charge in [-0.15, -0.1) is 11.3 Å². The summed E-state index contributed by atoms with van der Waals surface area (Å²) in [6.07, 6.45) is 2.30. The third kappa shape index (κ3) is 4.98. The predicted molar refractivity (Wildman–Crippen MR) is 161 cm³/mol. The van der Waals surface area contributed by atoms with Crippen LogP contribution in [0.25, 0.3) is 21.5 Å². The molecule has 9 nitrogen and oxygen atoms in total. The summed E-state index contributed by atoms with van der Waals surface area (Å²) >= 11 is 7.79. The Balaban J connectivity index is 1.30. The second-order valence-electron chi connectivity index (χ2n) is 11.3. The number of cyclic esters (lactones) is 1. The molecular weight excluding hydrogens is 560 g/mol. The molecule has 5 heterocycles. The number of nitrogens with one attached hydrogen (secondary N) is 1. The Morgan fingerprint density at radius 2 is 1.98 bits per heavy atom. The average molecular weight is 591 g/mol. The molecule has 3 aliphatic heterocycles. The van der Waals surface area contributed by atoms with Gasteiger partial charge in [-0.2, -0.15) is 0 Å². The maximum absolute atomic E-state index is 13.9. The van der Waals surface area contributed by atoms with E-state index in [1.807, 2.05) is 48.2 Å². The number of carbonyl (C=O) groups excluding carboxylic acids is 1. The minimum absolute atomic E-state index is 0.0706. The van der Waals surface area contributed by atoms with Gasteiger partial charge in [-0.05, 0) is 56.6 Å². The van der Waals surface area contributed by atoms with Crippen molar-refractivity contribution in [2.24, 2.45) is 0 Å². The molecular formula is C30H31ClN6O3S. The number of aromatic nitrogens is 3. The first-order chi connectivity index (χ1) is 19.8. The van der Waals surface area contributed by atoms with Crippen LogP contribution in [-0.4, -0.2) is 69.3 Å². The molecule has 2 aromatic heterocycles. The molecule has 1 N–H and O–H groups in total. The van der Waals surface area contributed by atoms with Crippen molar-refractivity contribution in [2.45, 2.75) is 51.4 Å². The maximum Gasteiger partial charge on any atom is 0.410 e. The number of anilines is 1. The van der Waals surface area contributed by atoms with Crippen LogP contribution >= 0.6 is 22.9 Å². The Bertz CT molecular complexity index is 1720. The van der Waals surface area contributed by atoms with Crippen LogP contribution in [0.5, 0.6) is 0 Å². The SMILES string of the molecule is Cc1nc2cc(-c3nc4c(s3)CN(C)CC4)c(N[C@H]3CCN4C(=O)OC[C@@H]4C3)cc2c(=O)n1Cc1ccc(Cl)cc1. The Morgan fingerprint density at radius 3 is 2.80 bits per heavy atom. The van der Waals surface area contributed by atoms with Crippen LogP contribution in [-0.2, 0) is 24.2 Å². The fraction of sp³-hybridized carbons (Fsp3) is 0.400. The van der Waals surface area contributed by atoms with Gasteiger partial charge >= 0.3 is 6.09 Å². The lowest BCUT2D eigenvalue weighted by molar-refractivity contribution is 0.153. The van der Waals surface area contributed by atoms with Gasteiger partial charge in [-0.25, -0.2) is 14.8 Å². The van der Waals surface area contributed by atoms with E-state index in [9.17, 15) is 9.59 Å². The minimum Gasteiger partial charge on any atom is -0.447 e. The first-order valence-electron chi connectivity index (χ1n) is 14.0. The van der Waals surface area contributed by atoms with E-state index in [1.54, 1.807) is 15.9 Å². The minimum atomic E-state index is -0.221. The van der Waals surface area contributed by atoms with E-state index < -0.39 is 0 Å². The van der Waals surface area contributed by atoms with Crippen molar-refractivity contribution in [1.29, 1.82) is 0 Å². The molecule has 2 saturated heterocycles. The smallest absolute Gasteiger partial charge is 0.410 e. The highest BCUT2D eigenvalue weighted by Crippen LogP contribution is 2.38. The summed E-state index contributed by atoms with van der Waals surface area (Å²) in [6, 6.07) is 11.7. The number of aryl methyl sites for hydroxylation is 1. The summed E-state index contributed by atoms with van der Waals surface area (Å²) in [4.78, 5) is 41.3. The van der Waals surface area contributed by atoms with Crippen LogP contribution < -0.4 is 10.9 Å². The van der Waals surface area contributed by atoms with Gasteiger partial charge in [0.2, 0.25) is 0 Å². The molecule has 3 aliphatic rings. The molecule has 0 saturated carbocycles. The van der Waals surface area contributed by atoms with Gasteiger partial charge in [-0.1, -0.05) is 23.7 Å². The van der Waals surface area contributed by atoms with Crippen LogP contribution in [0, 0.1) is 6.92 Å². The van der Waals surface area contributed by atoms with Gasteiger partial charge in [0.25, 0.3) is 5.56 Å². The first kappa shape index (κ1) is 26.4. The normalized spacial score (nSPS) is 20.7. The highest BCUT2D eigenvalue weighted by atomic mass is 35.5. The van der Waals surface area contributed by atoms with Crippen molar-refractivity contribution in [3.8, 4) is 10.6 Å². The van der Waals surface area contributed by atoms with Crippen LogP contribution in [0.15, 0.2) is 41.2 Å². The van der Waals surface area contributed by atoms with E-state index in [0.717, 1.165) is 59.9 Å². The predicted octanol–water partition coefficient (Wildman–Crippen LogP) is 4.91. The molecule has 4 aromatic rings. The molecule has 11 heteroatoms. The Morgan fingerprint density at radius 1 is 1.15 bits per heavy atom. The largest absolute Gasteiger partial charge is 0.447 e. The fourth-order valence-electron chi connectivity index (χ4n) is 6.12. The number of benzene rings is 2. The number of rotatable bonds is 5. The zero-order valence-electron chi connectivity index (χ0n) is 23.0.